The molecule has 1 heterocycles. The van der Waals surface area contributed by atoms with Gasteiger partial charge in [-0.2, -0.15) is 0 Å². The van der Waals surface area contributed by atoms with Gasteiger partial charge in [0.1, 0.15) is 0 Å². The van der Waals surface area contributed by atoms with Gasteiger partial charge in [0.15, 0.2) is 0 Å². The number of para-hydroxylation sites is 1. The molecule has 21 heavy (non-hydrogen) atoms. The number of benzene rings is 1. The normalized spacial score (nSPS) is 15.6. The Balaban J connectivity index is 2.02. The molecule has 0 radical (unpaired) electrons. The second kappa shape index (κ2) is 6.61. The van der Waals surface area contributed by atoms with E-state index >= 15 is 0 Å². The number of rotatable bonds is 1. The molecule has 2 rings (SSSR count). The molecule has 1 aromatic carbocycles. The fourth-order valence-corrected chi connectivity index (χ4v) is 2.63. The van der Waals surface area contributed by atoms with Crippen LogP contribution in [-0.2, 0) is 4.79 Å². The van der Waals surface area contributed by atoms with Crippen molar-refractivity contribution >= 4 is 17.6 Å². The third-order valence-corrected chi connectivity index (χ3v) is 3.94. The molecule has 114 valence electrons. The number of amides is 3. The van der Waals surface area contributed by atoms with Gasteiger partial charge in [-0.25, -0.2) is 4.79 Å². The van der Waals surface area contributed by atoms with Crippen LogP contribution in [0, 0.1) is 13.8 Å². The highest BCUT2D eigenvalue weighted by atomic mass is 16.2. The quantitative estimate of drug-likeness (QED) is 0.863. The number of aryl methyl sites for hydroxylation is 2. The van der Waals surface area contributed by atoms with Crippen LogP contribution in [-0.4, -0.2) is 47.9 Å². The van der Waals surface area contributed by atoms with Crippen LogP contribution in [0.2, 0.25) is 0 Å². The summed E-state index contributed by atoms with van der Waals surface area (Å²) in [5.74, 6) is 0.0759. The van der Waals surface area contributed by atoms with Crippen molar-refractivity contribution in [1.29, 1.82) is 0 Å². The predicted octanol–water partition coefficient (Wildman–Crippen LogP) is 2.39. The molecule has 1 fully saturated rings. The molecule has 1 aromatic rings. The molecule has 1 saturated heterocycles. The monoisotopic (exact) mass is 289 g/mol. The summed E-state index contributed by atoms with van der Waals surface area (Å²) in [6, 6.07) is 5.87. The zero-order chi connectivity index (χ0) is 15.4. The Hall–Kier alpha value is -2.04. The van der Waals surface area contributed by atoms with E-state index in [1.807, 2.05) is 32.0 Å². The molecule has 3 amide bonds. The smallest absolute Gasteiger partial charge is 0.321 e. The summed E-state index contributed by atoms with van der Waals surface area (Å²) in [6.45, 7) is 8.15. The van der Waals surface area contributed by atoms with Crippen LogP contribution >= 0.6 is 0 Å². The number of carbonyl (C=O) groups is 2. The van der Waals surface area contributed by atoms with Gasteiger partial charge in [0.2, 0.25) is 5.91 Å². The zero-order valence-corrected chi connectivity index (χ0v) is 13.0. The minimum Gasteiger partial charge on any atom is -0.341 e. The van der Waals surface area contributed by atoms with Crippen molar-refractivity contribution in [2.75, 3.05) is 31.5 Å². The third kappa shape index (κ3) is 3.74. The van der Waals surface area contributed by atoms with Crippen molar-refractivity contribution in [3.63, 3.8) is 0 Å². The van der Waals surface area contributed by atoms with E-state index in [4.69, 9.17) is 0 Å². The highest BCUT2D eigenvalue weighted by Crippen LogP contribution is 2.20. The Labute approximate surface area is 125 Å². The van der Waals surface area contributed by atoms with Gasteiger partial charge >= 0.3 is 6.03 Å². The van der Waals surface area contributed by atoms with Crippen molar-refractivity contribution < 1.29 is 9.59 Å². The molecule has 0 atom stereocenters. The van der Waals surface area contributed by atoms with E-state index in [9.17, 15) is 9.59 Å². The van der Waals surface area contributed by atoms with Crippen molar-refractivity contribution in [2.24, 2.45) is 0 Å². The van der Waals surface area contributed by atoms with Gasteiger partial charge in [0.25, 0.3) is 0 Å². The van der Waals surface area contributed by atoms with Crippen LogP contribution < -0.4 is 5.32 Å². The van der Waals surface area contributed by atoms with E-state index in [0.29, 0.717) is 19.6 Å². The molecule has 0 saturated carbocycles. The molecule has 1 aliphatic rings. The molecule has 0 bridgehead atoms. The number of urea groups is 1. The van der Waals surface area contributed by atoms with Gasteiger partial charge in [0, 0.05) is 38.8 Å². The number of nitrogens with one attached hydrogen (secondary N) is 1. The summed E-state index contributed by atoms with van der Waals surface area (Å²) in [5.41, 5.74) is 3.00. The summed E-state index contributed by atoms with van der Waals surface area (Å²) < 4.78 is 0. The maximum atomic E-state index is 12.4. The van der Waals surface area contributed by atoms with Crippen molar-refractivity contribution in [3.8, 4) is 0 Å². The largest absolute Gasteiger partial charge is 0.341 e. The van der Waals surface area contributed by atoms with Crippen LogP contribution in [0.1, 0.15) is 24.5 Å². The molecule has 5 heteroatoms. The molecular weight excluding hydrogens is 266 g/mol. The minimum atomic E-state index is -0.0854. The molecular formula is C16H23N3O2. The maximum Gasteiger partial charge on any atom is 0.321 e. The van der Waals surface area contributed by atoms with Gasteiger partial charge in [0.05, 0.1) is 0 Å². The number of carbonyl (C=O) groups excluding carboxylic acids is 2. The van der Waals surface area contributed by atoms with Crippen molar-refractivity contribution in [2.45, 2.75) is 27.2 Å². The van der Waals surface area contributed by atoms with Gasteiger partial charge in [-0.15, -0.1) is 0 Å². The lowest BCUT2D eigenvalue weighted by Gasteiger charge is -2.23. The molecule has 5 nitrogen and oxygen atoms in total. The molecule has 1 aliphatic heterocycles. The van der Waals surface area contributed by atoms with Gasteiger partial charge in [-0.3, -0.25) is 4.79 Å². The van der Waals surface area contributed by atoms with Crippen LogP contribution in [0.15, 0.2) is 18.2 Å². The number of anilines is 1. The average molecular weight is 289 g/mol. The Morgan fingerprint density at radius 2 is 1.57 bits per heavy atom. The number of hydrogen-bond acceptors (Lipinski definition) is 2. The topological polar surface area (TPSA) is 52.7 Å². The number of nitrogens with zero attached hydrogens (tertiary/aromatic N) is 2. The first-order valence-corrected chi connectivity index (χ1v) is 7.36. The van der Waals surface area contributed by atoms with E-state index < -0.39 is 0 Å². The molecule has 0 spiro atoms. The van der Waals surface area contributed by atoms with Crippen LogP contribution in [0.5, 0.6) is 0 Å². The van der Waals surface area contributed by atoms with E-state index in [0.717, 1.165) is 29.8 Å². The lowest BCUT2D eigenvalue weighted by Crippen LogP contribution is -2.39. The zero-order valence-electron chi connectivity index (χ0n) is 13.0. The third-order valence-electron chi connectivity index (χ3n) is 3.94. The van der Waals surface area contributed by atoms with Crippen LogP contribution in [0.3, 0.4) is 0 Å². The Bertz CT molecular complexity index is 522. The first kappa shape index (κ1) is 15.4. The van der Waals surface area contributed by atoms with E-state index in [1.165, 1.54) is 0 Å². The van der Waals surface area contributed by atoms with Crippen molar-refractivity contribution in [3.05, 3.63) is 29.3 Å². The first-order chi connectivity index (χ1) is 9.99. The maximum absolute atomic E-state index is 12.4. The van der Waals surface area contributed by atoms with Crippen molar-refractivity contribution in [1.82, 2.24) is 9.80 Å². The fourth-order valence-electron chi connectivity index (χ4n) is 2.63. The average Bonchev–Trinajstić information content (AvgIpc) is 2.69. The van der Waals surface area contributed by atoms with Gasteiger partial charge < -0.3 is 15.1 Å². The summed E-state index contributed by atoms with van der Waals surface area (Å²) in [5, 5.41) is 3.00. The lowest BCUT2D eigenvalue weighted by molar-refractivity contribution is -0.128. The van der Waals surface area contributed by atoms with Crippen LogP contribution in [0.4, 0.5) is 10.5 Å². The van der Waals surface area contributed by atoms with E-state index in [2.05, 4.69) is 5.32 Å². The summed E-state index contributed by atoms with van der Waals surface area (Å²) in [4.78, 5) is 27.4. The highest BCUT2D eigenvalue weighted by molar-refractivity contribution is 5.91. The predicted molar refractivity (Wildman–Crippen MR) is 83.4 cm³/mol. The number of hydrogen-bond donors (Lipinski definition) is 1. The highest BCUT2D eigenvalue weighted by Gasteiger charge is 2.20. The van der Waals surface area contributed by atoms with Gasteiger partial charge in [-0.05, 0) is 31.4 Å². The SMILES string of the molecule is CC(=O)N1CCCN(C(=O)Nc2c(C)cccc2C)CC1. The fraction of sp³-hybridized carbons (Fsp3) is 0.500. The van der Waals surface area contributed by atoms with E-state index in [-0.39, 0.29) is 11.9 Å². The molecule has 0 unspecified atom stereocenters. The molecule has 1 N–H and O–H groups in total. The van der Waals surface area contributed by atoms with E-state index in [1.54, 1.807) is 16.7 Å². The minimum absolute atomic E-state index is 0.0759. The second-order valence-electron chi connectivity index (χ2n) is 5.54. The Kier molecular flexibility index (Phi) is 4.83. The molecule has 0 aliphatic carbocycles. The second-order valence-corrected chi connectivity index (χ2v) is 5.54. The summed E-state index contributed by atoms with van der Waals surface area (Å²) >= 11 is 0. The van der Waals surface area contributed by atoms with Gasteiger partial charge in [-0.1, -0.05) is 18.2 Å². The Morgan fingerprint density at radius 3 is 2.19 bits per heavy atom. The first-order valence-electron chi connectivity index (χ1n) is 7.36. The van der Waals surface area contributed by atoms with Crippen LogP contribution in [0.25, 0.3) is 0 Å². The molecule has 0 aromatic heterocycles. The lowest BCUT2D eigenvalue weighted by atomic mass is 10.1. The summed E-state index contributed by atoms with van der Waals surface area (Å²) in [6.07, 6.45) is 0.819. The summed E-state index contributed by atoms with van der Waals surface area (Å²) in [7, 11) is 0. The Morgan fingerprint density at radius 1 is 1.00 bits per heavy atom. The standard InChI is InChI=1S/C16H23N3O2/c1-12-6-4-7-13(2)15(12)17-16(21)19-9-5-8-18(10-11-19)14(3)20/h4,6-7H,5,8-11H2,1-3H3,(H,17,21).